The lowest BCUT2D eigenvalue weighted by molar-refractivity contribution is 0.215. The third-order valence-electron chi connectivity index (χ3n) is 1.63. The predicted octanol–water partition coefficient (Wildman–Crippen LogP) is 1.89. The molecule has 0 atom stereocenters. The Balaban J connectivity index is 3.01. The molecule has 0 amide bonds. The Kier molecular flexibility index (Phi) is 4.63. The van der Waals surface area contributed by atoms with Crippen molar-refractivity contribution in [1.29, 1.82) is 0 Å². The van der Waals surface area contributed by atoms with Gasteiger partial charge in [-0.3, -0.25) is 0 Å². The normalized spacial score (nSPS) is 12.0. The molecule has 15 heavy (non-hydrogen) atoms. The van der Waals surface area contributed by atoms with E-state index in [1.54, 1.807) is 6.21 Å². The highest BCUT2D eigenvalue weighted by Gasteiger charge is 1.98. The standard InChI is InChI=1S/C10H12ClN3O/c1-15-13-7-8-4-2-3-5-9(8)14-10(12)6-11/h2-5,7H,6H2,1H3,(H2,12,14). The zero-order valence-electron chi connectivity index (χ0n) is 8.35. The minimum atomic E-state index is 0.204. The molecule has 2 N–H and O–H groups in total. The monoisotopic (exact) mass is 225 g/mol. The first kappa shape index (κ1) is 11.5. The maximum Gasteiger partial charge on any atom is 0.115 e. The van der Waals surface area contributed by atoms with Gasteiger partial charge in [0, 0.05) is 5.56 Å². The number of oxime groups is 1. The highest BCUT2D eigenvalue weighted by molar-refractivity contribution is 6.28. The van der Waals surface area contributed by atoms with Gasteiger partial charge in [0.05, 0.1) is 17.8 Å². The van der Waals surface area contributed by atoms with E-state index in [4.69, 9.17) is 17.3 Å². The van der Waals surface area contributed by atoms with Crippen molar-refractivity contribution in [3.63, 3.8) is 0 Å². The van der Waals surface area contributed by atoms with E-state index in [1.807, 2.05) is 24.3 Å². The second kappa shape index (κ2) is 6.03. The molecule has 0 aromatic heterocycles. The van der Waals surface area contributed by atoms with E-state index >= 15 is 0 Å². The first-order chi connectivity index (χ1) is 7.27. The van der Waals surface area contributed by atoms with E-state index in [-0.39, 0.29) is 5.88 Å². The third kappa shape index (κ3) is 3.59. The lowest BCUT2D eigenvalue weighted by Gasteiger charge is -2.00. The molecule has 0 saturated heterocycles. The van der Waals surface area contributed by atoms with Crippen molar-refractivity contribution in [2.75, 3.05) is 13.0 Å². The highest BCUT2D eigenvalue weighted by Crippen LogP contribution is 2.16. The molecule has 80 valence electrons. The maximum absolute atomic E-state index is 5.54. The summed E-state index contributed by atoms with van der Waals surface area (Å²) in [5.74, 6) is 0.574. The predicted molar refractivity (Wildman–Crippen MR) is 63.0 cm³/mol. The van der Waals surface area contributed by atoms with Crippen LogP contribution in [0.4, 0.5) is 5.69 Å². The van der Waals surface area contributed by atoms with Gasteiger partial charge in [0.15, 0.2) is 0 Å². The van der Waals surface area contributed by atoms with Gasteiger partial charge >= 0.3 is 0 Å². The number of benzene rings is 1. The van der Waals surface area contributed by atoms with Crippen molar-refractivity contribution < 1.29 is 4.84 Å². The van der Waals surface area contributed by atoms with Gasteiger partial charge in [0.2, 0.25) is 0 Å². The van der Waals surface area contributed by atoms with Crippen LogP contribution in [0, 0.1) is 0 Å². The molecular weight excluding hydrogens is 214 g/mol. The largest absolute Gasteiger partial charge is 0.399 e. The molecule has 0 aliphatic carbocycles. The smallest absolute Gasteiger partial charge is 0.115 e. The number of nitrogens with two attached hydrogens (primary N) is 1. The maximum atomic E-state index is 5.54. The SMILES string of the molecule is CON=Cc1ccccc1N=C(N)CCl. The molecule has 0 aliphatic heterocycles. The minimum Gasteiger partial charge on any atom is -0.399 e. The van der Waals surface area contributed by atoms with Crippen LogP contribution in [0.25, 0.3) is 0 Å². The first-order valence-electron chi connectivity index (χ1n) is 4.32. The number of hydrogen-bond donors (Lipinski definition) is 1. The molecule has 4 nitrogen and oxygen atoms in total. The van der Waals surface area contributed by atoms with E-state index in [0.29, 0.717) is 5.84 Å². The van der Waals surface area contributed by atoms with E-state index in [1.165, 1.54) is 7.11 Å². The summed E-state index contributed by atoms with van der Waals surface area (Å²) >= 11 is 5.54. The number of aliphatic imine (C=N–C) groups is 1. The Morgan fingerprint density at radius 3 is 2.93 bits per heavy atom. The Labute approximate surface area is 93.4 Å². The highest BCUT2D eigenvalue weighted by atomic mass is 35.5. The van der Waals surface area contributed by atoms with Crippen molar-refractivity contribution >= 4 is 29.3 Å². The molecule has 0 spiro atoms. The molecule has 0 saturated carbocycles. The van der Waals surface area contributed by atoms with E-state index in [0.717, 1.165) is 11.3 Å². The number of amidine groups is 1. The molecule has 1 rings (SSSR count). The van der Waals surface area contributed by atoms with E-state index < -0.39 is 0 Å². The molecule has 0 radical (unpaired) electrons. The first-order valence-corrected chi connectivity index (χ1v) is 4.86. The van der Waals surface area contributed by atoms with Crippen molar-refractivity contribution in [3.05, 3.63) is 29.8 Å². The van der Waals surface area contributed by atoms with Crippen molar-refractivity contribution in [3.8, 4) is 0 Å². The molecule has 1 aromatic rings. The van der Waals surface area contributed by atoms with Crippen LogP contribution in [0.1, 0.15) is 5.56 Å². The van der Waals surface area contributed by atoms with Gasteiger partial charge in [-0.05, 0) is 6.07 Å². The number of hydrogen-bond acceptors (Lipinski definition) is 3. The zero-order chi connectivity index (χ0) is 11.1. The molecule has 0 fully saturated rings. The van der Waals surface area contributed by atoms with Crippen molar-refractivity contribution in [2.24, 2.45) is 15.9 Å². The van der Waals surface area contributed by atoms with Gasteiger partial charge in [-0.1, -0.05) is 23.4 Å². The molecule has 0 aliphatic rings. The van der Waals surface area contributed by atoms with E-state index in [9.17, 15) is 0 Å². The topological polar surface area (TPSA) is 60.0 Å². The fourth-order valence-electron chi connectivity index (χ4n) is 0.993. The van der Waals surface area contributed by atoms with Crippen LogP contribution in [-0.4, -0.2) is 25.0 Å². The van der Waals surface area contributed by atoms with Crippen LogP contribution in [0.2, 0.25) is 0 Å². The van der Waals surface area contributed by atoms with Gasteiger partial charge in [-0.15, -0.1) is 11.6 Å². The molecule has 5 heteroatoms. The minimum absolute atomic E-state index is 0.204. The fourth-order valence-corrected chi connectivity index (χ4v) is 1.05. The van der Waals surface area contributed by atoms with Crippen LogP contribution in [0.3, 0.4) is 0 Å². The molecular formula is C10H12ClN3O. The second-order valence-corrected chi connectivity index (χ2v) is 2.98. The van der Waals surface area contributed by atoms with E-state index in [2.05, 4.69) is 15.0 Å². The van der Waals surface area contributed by atoms with Crippen LogP contribution < -0.4 is 5.73 Å². The Bertz CT molecular complexity index is 377. The molecule has 1 aromatic carbocycles. The quantitative estimate of drug-likeness (QED) is 0.368. The van der Waals surface area contributed by atoms with Gasteiger partial charge in [-0.25, -0.2) is 4.99 Å². The lowest BCUT2D eigenvalue weighted by atomic mass is 10.2. The summed E-state index contributed by atoms with van der Waals surface area (Å²) in [4.78, 5) is 8.74. The summed E-state index contributed by atoms with van der Waals surface area (Å²) < 4.78 is 0. The summed E-state index contributed by atoms with van der Waals surface area (Å²) in [6.07, 6.45) is 1.57. The number of nitrogens with zero attached hydrogens (tertiary/aromatic N) is 2. The Morgan fingerprint density at radius 2 is 2.27 bits per heavy atom. The van der Waals surface area contributed by atoms with Crippen molar-refractivity contribution in [1.82, 2.24) is 0 Å². The Morgan fingerprint density at radius 1 is 1.53 bits per heavy atom. The summed E-state index contributed by atoms with van der Waals surface area (Å²) in [5.41, 5.74) is 7.09. The van der Waals surface area contributed by atoms with Gasteiger partial charge in [-0.2, -0.15) is 0 Å². The summed E-state index contributed by atoms with van der Waals surface area (Å²) in [6.45, 7) is 0. The summed E-state index contributed by atoms with van der Waals surface area (Å²) in [5, 5.41) is 3.67. The second-order valence-electron chi connectivity index (χ2n) is 2.71. The number of rotatable bonds is 4. The lowest BCUT2D eigenvalue weighted by Crippen LogP contribution is -2.12. The van der Waals surface area contributed by atoms with Crippen LogP contribution in [-0.2, 0) is 4.84 Å². The average molecular weight is 226 g/mol. The van der Waals surface area contributed by atoms with Crippen LogP contribution >= 0.6 is 11.6 Å². The Hall–Kier alpha value is -1.55. The van der Waals surface area contributed by atoms with Gasteiger partial charge in [0.25, 0.3) is 0 Å². The zero-order valence-corrected chi connectivity index (χ0v) is 9.11. The number of alkyl halides is 1. The summed E-state index contributed by atoms with van der Waals surface area (Å²) in [7, 11) is 1.48. The van der Waals surface area contributed by atoms with Crippen LogP contribution in [0.5, 0.6) is 0 Å². The fraction of sp³-hybridized carbons (Fsp3) is 0.200. The number of halogens is 1. The average Bonchev–Trinajstić information content (AvgIpc) is 2.28. The van der Waals surface area contributed by atoms with Gasteiger partial charge < -0.3 is 10.6 Å². The number of para-hydroxylation sites is 1. The molecule has 0 unspecified atom stereocenters. The van der Waals surface area contributed by atoms with Crippen LogP contribution in [0.15, 0.2) is 34.4 Å². The molecule has 0 heterocycles. The van der Waals surface area contributed by atoms with Crippen molar-refractivity contribution in [2.45, 2.75) is 0 Å². The van der Waals surface area contributed by atoms with Gasteiger partial charge in [0.1, 0.15) is 12.9 Å². The third-order valence-corrected chi connectivity index (χ3v) is 1.91. The summed E-state index contributed by atoms with van der Waals surface area (Å²) in [6, 6.07) is 7.44. The molecule has 0 bridgehead atoms.